The molecule has 0 saturated heterocycles. The standard InChI is InChI=1S/C16H14N2O3S/c1-17-22(20,21)12-7-8-15-13(10-12)14(16(19)18-15)9-11-5-3-2-4-6-11/h2-10,17H,1H3,(H,18,19). The summed E-state index contributed by atoms with van der Waals surface area (Å²) in [5, 5.41) is 2.74. The number of benzene rings is 2. The van der Waals surface area contributed by atoms with Gasteiger partial charge in [0.25, 0.3) is 5.91 Å². The molecule has 0 unspecified atom stereocenters. The molecular weight excluding hydrogens is 300 g/mol. The lowest BCUT2D eigenvalue weighted by Gasteiger charge is -2.05. The first-order chi connectivity index (χ1) is 10.5. The number of carbonyl (C=O) groups is 1. The van der Waals surface area contributed by atoms with Gasteiger partial charge in [0, 0.05) is 16.8 Å². The number of carbonyl (C=O) groups excluding carboxylic acids is 1. The Bertz CT molecular complexity index is 872. The van der Waals surface area contributed by atoms with Gasteiger partial charge in [0.15, 0.2) is 0 Å². The van der Waals surface area contributed by atoms with Crippen LogP contribution in [0.25, 0.3) is 11.6 Å². The lowest BCUT2D eigenvalue weighted by molar-refractivity contribution is -0.110. The molecule has 2 aromatic carbocycles. The molecule has 0 spiro atoms. The molecule has 1 aliphatic heterocycles. The van der Waals surface area contributed by atoms with Crippen LogP contribution in [0.2, 0.25) is 0 Å². The van der Waals surface area contributed by atoms with Crippen molar-refractivity contribution in [3.63, 3.8) is 0 Å². The smallest absolute Gasteiger partial charge is 0.256 e. The van der Waals surface area contributed by atoms with Gasteiger partial charge in [-0.3, -0.25) is 4.79 Å². The topological polar surface area (TPSA) is 75.3 Å². The number of rotatable bonds is 3. The molecule has 22 heavy (non-hydrogen) atoms. The number of fused-ring (bicyclic) bond motifs is 1. The minimum absolute atomic E-state index is 0.129. The quantitative estimate of drug-likeness (QED) is 0.852. The molecule has 5 nitrogen and oxygen atoms in total. The van der Waals surface area contributed by atoms with Crippen molar-refractivity contribution in [2.24, 2.45) is 0 Å². The summed E-state index contributed by atoms with van der Waals surface area (Å²) in [4.78, 5) is 12.3. The maximum absolute atomic E-state index is 12.1. The molecule has 0 aromatic heterocycles. The van der Waals surface area contributed by atoms with Gasteiger partial charge in [0.2, 0.25) is 10.0 Å². The fourth-order valence-corrected chi connectivity index (χ4v) is 3.07. The van der Waals surface area contributed by atoms with Crippen LogP contribution in [0.5, 0.6) is 0 Å². The van der Waals surface area contributed by atoms with Crippen LogP contribution in [0.3, 0.4) is 0 Å². The molecule has 1 aliphatic rings. The summed E-state index contributed by atoms with van der Waals surface area (Å²) < 4.78 is 26.1. The number of anilines is 1. The molecule has 1 heterocycles. The van der Waals surface area contributed by atoms with Gasteiger partial charge in [-0.2, -0.15) is 0 Å². The summed E-state index contributed by atoms with van der Waals surface area (Å²) in [7, 11) is -2.20. The Morgan fingerprint density at radius 3 is 2.50 bits per heavy atom. The van der Waals surface area contributed by atoms with E-state index in [1.54, 1.807) is 12.1 Å². The molecule has 2 N–H and O–H groups in total. The second-order valence-corrected chi connectivity index (χ2v) is 6.72. The first-order valence-corrected chi connectivity index (χ1v) is 8.15. The number of nitrogens with one attached hydrogen (secondary N) is 2. The second kappa shape index (κ2) is 5.40. The minimum atomic E-state index is -3.55. The summed E-state index contributed by atoms with van der Waals surface area (Å²) in [5.41, 5.74) is 2.53. The van der Waals surface area contributed by atoms with E-state index in [1.165, 1.54) is 19.2 Å². The Morgan fingerprint density at radius 1 is 1.09 bits per heavy atom. The monoisotopic (exact) mass is 314 g/mol. The number of hydrogen-bond acceptors (Lipinski definition) is 3. The third-order valence-electron chi connectivity index (χ3n) is 3.46. The van der Waals surface area contributed by atoms with Gasteiger partial charge in [0.1, 0.15) is 0 Å². The fourth-order valence-electron chi connectivity index (χ4n) is 2.31. The van der Waals surface area contributed by atoms with E-state index in [0.29, 0.717) is 16.8 Å². The summed E-state index contributed by atoms with van der Waals surface area (Å²) in [6.07, 6.45) is 1.75. The summed E-state index contributed by atoms with van der Waals surface area (Å²) in [5.74, 6) is -0.238. The highest BCUT2D eigenvalue weighted by Crippen LogP contribution is 2.34. The van der Waals surface area contributed by atoms with Gasteiger partial charge in [0.05, 0.1) is 4.90 Å². The molecule has 0 atom stereocenters. The van der Waals surface area contributed by atoms with Crippen LogP contribution < -0.4 is 10.0 Å². The van der Waals surface area contributed by atoms with E-state index in [1.807, 2.05) is 30.3 Å². The Kier molecular flexibility index (Phi) is 3.56. The van der Waals surface area contributed by atoms with E-state index in [2.05, 4.69) is 10.0 Å². The molecule has 2 aromatic rings. The fraction of sp³-hybridized carbons (Fsp3) is 0.0625. The van der Waals surface area contributed by atoms with Crippen molar-refractivity contribution in [2.75, 3.05) is 12.4 Å². The van der Waals surface area contributed by atoms with Gasteiger partial charge in [-0.25, -0.2) is 13.1 Å². The third-order valence-corrected chi connectivity index (χ3v) is 4.88. The van der Waals surface area contributed by atoms with Crippen molar-refractivity contribution in [2.45, 2.75) is 4.90 Å². The maximum atomic E-state index is 12.1. The first kappa shape index (κ1) is 14.5. The van der Waals surface area contributed by atoms with Crippen molar-refractivity contribution in [3.8, 4) is 0 Å². The molecular formula is C16H14N2O3S. The van der Waals surface area contributed by atoms with Crippen LogP contribution in [0, 0.1) is 0 Å². The Hall–Kier alpha value is -2.44. The van der Waals surface area contributed by atoms with E-state index in [4.69, 9.17) is 0 Å². The van der Waals surface area contributed by atoms with Crippen LogP contribution in [0.4, 0.5) is 5.69 Å². The van der Waals surface area contributed by atoms with Crippen LogP contribution in [-0.4, -0.2) is 21.4 Å². The molecule has 6 heteroatoms. The van der Waals surface area contributed by atoms with Gasteiger partial charge in [-0.15, -0.1) is 0 Å². The van der Waals surface area contributed by atoms with E-state index in [9.17, 15) is 13.2 Å². The average molecular weight is 314 g/mol. The van der Waals surface area contributed by atoms with Gasteiger partial charge in [-0.05, 0) is 36.9 Å². The third kappa shape index (κ3) is 2.54. The van der Waals surface area contributed by atoms with E-state index < -0.39 is 10.0 Å². The Balaban J connectivity index is 2.13. The van der Waals surface area contributed by atoms with Crippen molar-refractivity contribution >= 4 is 33.3 Å². The summed E-state index contributed by atoms with van der Waals surface area (Å²) in [6, 6.07) is 14.0. The molecule has 0 fully saturated rings. The van der Waals surface area contributed by atoms with Crippen LogP contribution in [-0.2, 0) is 14.8 Å². The second-order valence-electron chi connectivity index (χ2n) is 4.84. The molecule has 3 rings (SSSR count). The number of sulfonamides is 1. The molecule has 0 saturated carbocycles. The molecule has 0 bridgehead atoms. The van der Waals surface area contributed by atoms with Crippen LogP contribution in [0.15, 0.2) is 53.4 Å². The first-order valence-electron chi connectivity index (χ1n) is 6.67. The Morgan fingerprint density at radius 2 is 1.82 bits per heavy atom. The van der Waals surface area contributed by atoms with E-state index in [-0.39, 0.29) is 10.8 Å². The van der Waals surface area contributed by atoms with E-state index >= 15 is 0 Å². The predicted molar refractivity (Wildman–Crippen MR) is 85.6 cm³/mol. The van der Waals surface area contributed by atoms with Crippen molar-refractivity contribution in [1.29, 1.82) is 0 Å². The zero-order valence-corrected chi connectivity index (χ0v) is 12.6. The van der Waals surface area contributed by atoms with Gasteiger partial charge >= 0.3 is 0 Å². The zero-order chi connectivity index (χ0) is 15.7. The lowest BCUT2D eigenvalue weighted by Crippen LogP contribution is -2.18. The van der Waals surface area contributed by atoms with Crippen molar-refractivity contribution in [1.82, 2.24) is 4.72 Å². The molecule has 0 aliphatic carbocycles. The molecule has 1 amide bonds. The zero-order valence-electron chi connectivity index (χ0n) is 11.8. The highest BCUT2D eigenvalue weighted by Gasteiger charge is 2.26. The summed E-state index contributed by atoms with van der Waals surface area (Å²) in [6.45, 7) is 0. The normalized spacial score (nSPS) is 15.7. The number of hydrogen-bond donors (Lipinski definition) is 2. The molecule has 112 valence electrons. The Labute approximate surface area is 128 Å². The number of amides is 1. The SMILES string of the molecule is CNS(=O)(=O)c1ccc2c(c1)C(=Cc1ccccc1)C(=O)N2. The van der Waals surface area contributed by atoms with Crippen molar-refractivity contribution in [3.05, 3.63) is 59.7 Å². The summed E-state index contributed by atoms with van der Waals surface area (Å²) >= 11 is 0. The predicted octanol–water partition coefficient (Wildman–Crippen LogP) is 2.09. The van der Waals surface area contributed by atoms with Crippen molar-refractivity contribution < 1.29 is 13.2 Å². The lowest BCUT2D eigenvalue weighted by atomic mass is 10.0. The largest absolute Gasteiger partial charge is 0.321 e. The highest BCUT2D eigenvalue weighted by molar-refractivity contribution is 7.89. The highest BCUT2D eigenvalue weighted by atomic mass is 32.2. The van der Waals surface area contributed by atoms with Gasteiger partial charge in [-0.1, -0.05) is 30.3 Å². The average Bonchev–Trinajstić information content (AvgIpc) is 2.83. The molecule has 0 radical (unpaired) electrons. The minimum Gasteiger partial charge on any atom is -0.321 e. The van der Waals surface area contributed by atoms with E-state index in [0.717, 1.165) is 5.56 Å². The van der Waals surface area contributed by atoms with Crippen LogP contribution in [0.1, 0.15) is 11.1 Å². The van der Waals surface area contributed by atoms with Crippen LogP contribution >= 0.6 is 0 Å². The van der Waals surface area contributed by atoms with Gasteiger partial charge < -0.3 is 5.32 Å². The maximum Gasteiger partial charge on any atom is 0.256 e.